The molecular formula is C50H34O. The number of benzene rings is 8. The molecule has 51 heavy (non-hydrogen) atoms. The van der Waals surface area contributed by atoms with Crippen LogP contribution < -0.4 is 0 Å². The fraction of sp³-hybridized carbons (Fsp3) is 0.0400. The van der Waals surface area contributed by atoms with E-state index in [-0.39, 0.29) is 0 Å². The van der Waals surface area contributed by atoms with Crippen LogP contribution in [-0.2, 0) is 12.8 Å². The van der Waals surface area contributed by atoms with Gasteiger partial charge in [-0.2, -0.15) is 0 Å². The monoisotopic (exact) mass is 650 g/mol. The van der Waals surface area contributed by atoms with Gasteiger partial charge in [0.15, 0.2) is 0 Å². The van der Waals surface area contributed by atoms with Crippen molar-refractivity contribution in [1.29, 1.82) is 0 Å². The van der Waals surface area contributed by atoms with Gasteiger partial charge in [0.05, 0.1) is 0 Å². The summed E-state index contributed by atoms with van der Waals surface area (Å²) in [4.78, 5) is 0. The van der Waals surface area contributed by atoms with Crippen LogP contribution in [0.2, 0.25) is 0 Å². The molecule has 1 heteroatoms. The van der Waals surface area contributed by atoms with Gasteiger partial charge in [-0.3, -0.25) is 0 Å². The molecule has 0 atom stereocenters. The van der Waals surface area contributed by atoms with Crippen molar-refractivity contribution in [2.45, 2.75) is 12.8 Å². The predicted molar refractivity (Wildman–Crippen MR) is 217 cm³/mol. The van der Waals surface area contributed by atoms with Crippen LogP contribution in [0.25, 0.3) is 88.8 Å². The van der Waals surface area contributed by atoms with Gasteiger partial charge in [-0.15, -0.1) is 0 Å². The number of hydrogen-bond donors (Lipinski definition) is 0. The van der Waals surface area contributed by atoms with Gasteiger partial charge < -0.3 is 4.42 Å². The van der Waals surface area contributed by atoms with Crippen LogP contribution in [0.5, 0.6) is 0 Å². The Hall–Kier alpha value is -6.44. The molecule has 0 N–H and O–H groups in total. The number of para-hydroxylation sites is 1. The van der Waals surface area contributed by atoms with Crippen molar-refractivity contribution in [1.82, 2.24) is 0 Å². The summed E-state index contributed by atoms with van der Waals surface area (Å²) in [6.45, 7) is 8.05. The summed E-state index contributed by atoms with van der Waals surface area (Å²) in [7, 11) is 0. The lowest BCUT2D eigenvalue weighted by molar-refractivity contribution is 0.604. The second-order valence-corrected chi connectivity index (χ2v) is 13.7. The number of hydrogen-bond acceptors (Lipinski definition) is 1. The predicted octanol–water partition coefficient (Wildman–Crippen LogP) is 13.7. The highest BCUT2D eigenvalue weighted by Crippen LogP contribution is 2.44. The van der Waals surface area contributed by atoms with Crippen LogP contribution >= 0.6 is 0 Å². The summed E-state index contributed by atoms with van der Waals surface area (Å²) in [6, 6.07) is 54.0. The van der Waals surface area contributed by atoms with E-state index in [1.165, 1.54) is 76.8 Å². The molecule has 10 rings (SSSR count). The molecule has 0 bridgehead atoms. The molecule has 8 aromatic carbocycles. The first-order valence-corrected chi connectivity index (χ1v) is 17.7. The third-order valence-corrected chi connectivity index (χ3v) is 10.9. The zero-order valence-corrected chi connectivity index (χ0v) is 28.2. The smallest absolute Gasteiger partial charge is 0.143 e. The summed E-state index contributed by atoms with van der Waals surface area (Å²) < 4.78 is 6.40. The SMILES string of the molecule is C=Cc1oc2c(-c3ccc4c(c3)Cc3ccccc3-c3cc5c6ccccc6c6ccccc6c5cc3Cc3ccccc3-4)cccc2c1C=C. The van der Waals surface area contributed by atoms with Crippen LogP contribution in [0.15, 0.2) is 163 Å². The van der Waals surface area contributed by atoms with Gasteiger partial charge >= 0.3 is 0 Å². The van der Waals surface area contributed by atoms with E-state index in [1.807, 2.05) is 6.08 Å². The first-order chi connectivity index (χ1) is 25.2. The molecule has 0 spiro atoms. The maximum Gasteiger partial charge on any atom is 0.143 e. The average molecular weight is 651 g/mol. The highest BCUT2D eigenvalue weighted by molar-refractivity contribution is 6.26. The molecule has 1 aliphatic rings. The van der Waals surface area contributed by atoms with Crippen molar-refractivity contribution >= 4 is 55.4 Å². The van der Waals surface area contributed by atoms with Crippen LogP contribution in [0, 0.1) is 0 Å². The zero-order chi connectivity index (χ0) is 34.1. The first-order valence-electron chi connectivity index (χ1n) is 17.7. The molecule has 0 unspecified atom stereocenters. The molecule has 0 saturated carbocycles. The van der Waals surface area contributed by atoms with Crippen molar-refractivity contribution in [2.24, 2.45) is 0 Å². The second kappa shape index (κ2) is 11.6. The molecule has 1 aromatic heterocycles. The van der Waals surface area contributed by atoms with Gasteiger partial charge in [-0.1, -0.05) is 153 Å². The fourth-order valence-corrected chi connectivity index (χ4v) is 8.59. The Morgan fingerprint density at radius 3 is 1.55 bits per heavy atom. The van der Waals surface area contributed by atoms with E-state index in [2.05, 4.69) is 159 Å². The van der Waals surface area contributed by atoms with E-state index < -0.39 is 0 Å². The minimum absolute atomic E-state index is 0.751. The van der Waals surface area contributed by atoms with Crippen molar-refractivity contribution in [3.05, 3.63) is 192 Å². The molecule has 0 saturated heterocycles. The van der Waals surface area contributed by atoms with Crippen LogP contribution in [0.3, 0.4) is 0 Å². The third kappa shape index (κ3) is 4.55. The van der Waals surface area contributed by atoms with Crippen molar-refractivity contribution in [2.75, 3.05) is 0 Å². The summed E-state index contributed by atoms with van der Waals surface area (Å²) in [5, 5.41) is 8.87. The van der Waals surface area contributed by atoms with Crippen molar-refractivity contribution < 1.29 is 4.42 Å². The second-order valence-electron chi connectivity index (χ2n) is 13.7. The summed E-state index contributed by atoms with van der Waals surface area (Å²) in [5.74, 6) is 0.751. The van der Waals surface area contributed by atoms with Crippen molar-refractivity contribution in [3.63, 3.8) is 0 Å². The van der Waals surface area contributed by atoms with E-state index in [0.29, 0.717) is 0 Å². The topological polar surface area (TPSA) is 13.1 Å². The average Bonchev–Trinajstić information content (AvgIpc) is 3.56. The van der Waals surface area contributed by atoms with Gasteiger partial charge in [0.1, 0.15) is 11.3 Å². The lowest BCUT2D eigenvalue weighted by Crippen LogP contribution is -2.03. The Morgan fingerprint density at radius 1 is 0.392 bits per heavy atom. The molecule has 1 heterocycles. The number of furan rings is 1. The highest BCUT2D eigenvalue weighted by atomic mass is 16.3. The van der Waals surface area contributed by atoms with Crippen LogP contribution in [-0.4, -0.2) is 0 Å². The Balaban J connectivity index is 1.24. The summed E-state index contributed by atoms with van der Waals surface area (Å²) in [6.07, 6.45) is 5.26. The largest absolute Gasteiger partial charge is 0.455 e. The quantitative estimate of drug-likeness (QED) is 0.173. The molecule has 1 aliphatic carbocycles. The van der Waals surface area contributed by atoms with E-state index >= 15 is 0 Å². The molecular weight excluding hydrogens is 617 g/mol. The van der Waals surface area contributed by atoms with Gasteiger partial charge in [0, 0.05) is 16.5 Å². The van der Waals surface area contributed by atoms with E-state index in [4.69, 9.17) is 4.42 Å². The van der Waals surface area contributed by atoms with Crippen LogP contribution in [0.4, 0.5) is 0 Å². The number of fused-ring (bicyclic) bond motifs is 13. The van der Waals surface area contributed by atoms with Gasteiger partial charge in [-0.25, -0.2) is 0 Å². The maximum absolute atomic E-state index is 6.40. The Bertz CT molecular complexity index is 2900. The molecule has 1 nitrogen and oxygen atoms in total. The normalized spacial score (nSPS) is 12.3. The van der Waals surface area contributed by atoms with Gasteiger partial charge in [-0.05, 0) is 113 Å². The molecule has 0 radical (unpaired) electrons. The van der Waals surface area contributed by atoms with Gasteiger partial charge in [0.25, 0.3) is 0 Å². The Morgan fingerprint density at radius 2 is 0.902 bits per heavy atom. The third-order valence-electron chi connectivity index (χ3n) is 10.9. The molecule has 0 amide bonds. The number of rotatable bonds is 3. The maximum atomic E-state index is 6.40. The zero-order valence-electron chi connectivity index (χ0n) is 28.2. The van der Waals surface area contributed by atoms with Gasteiger partial charge in [0.2, 0.25) is 0 Å². The molecule has 240 valence electrons. The lowest BCUT2D eigenvalue weighted by atomic mass is 9.81. The van der Waals surface area contributed by atoms with Crippen molar-refractivity contribution in [3.8, 4) is 33.4 Å². The lowest BCUT2D eigenvalue weighted by Gasteiger charge is -2.22. The molecule has 0 aliphatic heterocycles. The standard InChI is InChI=1S/C50H34O/c1-3-36-45-23-13-22-40(50(45)51-49(36)4-2)33-24-25-39-34(28-33)26-32-15-6-8-17-38(32)46-30-48-44-21-12-10-19-42(44)41-18-9-11-20-43(41)47(48)29-35(46)27-31-14-5-7-16-37(31)39/h3-25,28-30H,1-2,26-27H2. The highest BCUT2D eigenvalue weighted by Gasteiger charge is 2.21. The Kier molecular flexibility index (Phi) is 6.69. The first kappa shape index (κ1) is 29.5. The molecule has 9 aromatic rings. The van der Waals surface area contributed by atoms with E-state index in [9.17, 15) is 0 Å². The fourth-order valence-electron chi connectivity index (χ4n) is 8.59. The minimum Gasteiger partial charge on any atom is -0.455 e. The summed E-state index contributed by atoms with van der Waals surface area (Å²) >= 11 is 0. The Labute approximate surface area is 297 Å². The molecule has 0 fully saturated rings. The van der Waals surface area contributed by atoms with Crippen LogP contribution in [0.1, 0.15) is 33.6 Å². The van der Waals surface area contributed by atoms with E-state index in [1.54, 1.807) is 6.08 Å². The summed E-state index contributed by atoms with van der Waals surface area (Å²) in [5.41, 5.74) is 14.5. The van der Waals surface area contributed by atoms with E-state index in [0.717, 1.165) is 46.3 Å². The minimum atomic E-state index is 0.751.